The zero-order chi connectivity index (χ0) is 18.8. The summed E-state index contributed by atoms with van der Waals surface area (Å²) < 4.78 is 5.53. The van der Waals surface area contributed by atoms with Crippen molar-refractivity contribution < 1.29 is 14.3 Å². The Balaban J connectivity index is 2.02. The van der Waals surface area contributed by atoms with Gasteiger partial charge in [0.15, 0.2) is 0 Å². The first-order valence-corrected chi connectivity index (χ1v) is 8.64. The van der Waals surface area contributed by atoms with Crippen molar-refractivity contribution in [3.8, 4) is 5.75 Å². The fraction of sp³-hybridized carbons (Fsp3) is 0.300. The number of amides is 2. The first-order valence-electron chi connectivity index (χ1n) is 8.64. The Morgan fingerprint density at radius 3 is 2.46 bits per heavy atom. The van der Waals surface area contributed by atoms with Crippen LogP contribution in [0, 0.1) is 0 Å². The molecule has 0 fully saturated rings. The van der Waals surface area contributed by atoms with Crippen LogP contribution in [0.15, 0.2) is 54.6 Å². The largest absolute Gasteiger partial charge is 0.492 e. The van der Waals surface area contributed by atoms with Gasteiger partial charge in [-0.2, -0.15) is 0 Å². The molecule has 0 aliphatic heterocycles. The Morgan fingerprint density at radius 1 is 1.08 bits per heavy atom. The molecule has 0 heterocycles. The van der Waals surface area contributed by atoms with Gasteiger partial charge in [0, 0.05) is 19.5 Å². The monoisotopic (exact) mass is 355 g/mol. The Hall–Kier alpha value is -2.86. The molecule has 6 heteroatoms. The minimum Gasteiger partial charge on any atom is -0.492 e. The molecular weight excluding hydrogens is 330 g/mol. The van der Waals surface area contributed by atoms with E-state index in [-0.39, 0.29) is 24.8 Å². The first kappa shape index (κ1) is 19.5. The van der Waals surface area contributed by atoms with E-state index in [0.29, 0.717) is 31.1 Å². The van der Waals surface area contributed by atoms with Gasteiger partial charge in [0.25, 0.3) is 0 Å². The average molecular weight is 355 g/mol. The van der Waals surface area contributed by atoms with Crippen LogP contribution in [0.1, 0.15) is 18.9 Å². The van der Waals surface area contributed by atoms with Gasteiger partial charge < -0.3 is 15.8 Å². The Labute approximate surface area is 153 Å². The quantitative estimate of drug-likeness (QED) is 0.685. The van der Waals surface area contributed by atoms with E-state index in [1.807, 2.05) is 60.4 Å². The van der Waals surface area contributed by atoms with Crippen LogP contribution in [0.4, 0.5) is 5.69 Å². The number of carbonyl (C=O) groups is 2. The van der Waals surface area contributed by atoms with Crippen LogP contribution in [0.25, 0.3) is 0 Å². The number of carbonyl (C=O) groups excluding carboxylic acids is 2. The summed E-state index contributed by atoms with van der Waals surface area (Å²) >= 11 is 0. The van der Waals surface area contributed by atoms with E-state index in [9.17, 15) is 9.59 Å². The Bertz CT molecular complexity index is 719. The summed E-state index contributed by atoms with van der Waals surface area (Å²) in [4.78, 5) is 25.5. The molecule has 0 aromatic heterocycles. The number of nitrogens with zero attached hydrogens (tertiary/aromatic N) is 1. The van der Waals surface area contributed by atoms with Crippen molar-refractivity contribution >= 4 is 17.5 Å². The molecular formula is C20H25N3O3. The second-order valence-electron chi connectivity index (χ2n) is 5.89. The van der Waals surface area contributed by atoms with Crippen LogP contribution < -0.4 is 15.8 Å². The van der Waals surface area contributed by atoms with Crippen LogP contribution >= 0.6 is 0 Å². The summed E-state index contributed by atoms with van der Waals surface area (Å²) in [7, 11) is 0. The van der Waals surface area contributed by atoms with Gasteiger partial charge in [-0.3, -0.25) is 14.5 Å². The number of nitrogens with one attached hydrogen (secondary N) is 1. The van der Waals surface area contributed by atoms with Gasteiger partial charge in [-0.1, -0.05) is 42.5 Å². The molecule has 0 aliphatic carbocycles. The van der Waals surface area contributed by atoms with Gasteiger partial charge in [0.1, 0.15) is 5.75 Å². The summed E-state index contributed by atoms with van der Waals surface area (Å²) in [5.74, 6) is 0.0813. The van der Waals surface area contributed by atoms with E-state index >= 15 is 0 Å². The maximum absolute atomic E-state index is 12.5. The lowest BCUT2D eigenvalue weighted by Crippen LogP contribution is -2.35. The number of anilines is 1. The number of para-hydroxylation sites is 2. The van der Waals surface area contributed by atoms with Crippen molar-refractivity contribution in [2.24, 2.45) is 5.73 Å². The molecule has 2 aromatic rings. The lowest BCUT2D eigenvalue weighted by atomic mass is 10.2. The zero-order valence-corrected chi connectivity index (χ0v) is 15.0. The Morgan fingerprint density at radius 2 is 1.77 bits per heavy atom. The van der Waals surface area contributed by atoms with Crippen LogP contribution in [0.2, 0.25) is 0 Å². The standard InChI is InChI=1S/C20H25N3O3/c1-2-26-18-11-7-6-10-17(18)22-20(25)15-23(13-12-19(21)24)14-16-8-4-3-5-9-16/h3-11H,2,12-15H2,1H3,(H2,21,24)(H,22,25). The molecule has 2 rings (SSSR count). The molecule has 0 saturated carbocycles. The number of ether oxygens (including phenoxy) is 1. The predicted molar refractivity (Wildman–Crippen MR) is 102 cm³/mol. The summed E-state index contributed by atoms with van der Waals surface area (Å²) in [6.07, 6.45) is 0.204. The number of benzene rings is 2. The topological polar surface area (TPSA) is 84.7 Å². The maximum Gasteiger partial charge on any atom is 0.238 e. The molecule has 26 heavy (non-hydrogen) atoms. The molecule has 0 bridgehead atoms. The second-order valence-corrected chi connectivity index (χ2v) is 5.89. The van der Waals surface area contributed by atoms with Crippen molar-refractivity contribution in [3.63, 3.8) is 0 Å². The zero-order valence-electron chi connectivity index (χ0n) is 15.0. The fourth-order valence-electron chi connectivity index (χ4n) is 2.57. The maximum atomic E-state index is 12.5. The van der Waals surface area contributed by atoms with Crippen molar-refractivity contribution in [2.45, 2.75) is 19.9 Å². The van der Waals surface area contributed by atoms with E-state index in [0.717, 1.165) is 5.56 Å². The number of hydrogen-bond donors (Lipinski definition) is 2. The van der Waals surface area contributed by atoms with Crippen LogP contribution in [-0.4, -0.2) is 36.4 Å². The van der Waals surface area contributed by atoms with E-state index in [1.165, 1.54) is 0 Å². The van der Waals surface area contributed by atoms with Gasteiger partial charge >= 0.3 is 0 Å². The smallest absolute Gasteiger partial charge is 0.238 e. The third kappa shape index (κ3) is 6.57. The SMILES string of the molecule is CCOc1ccccc1NC(=O)CN(CCC(N)=O)Cc1ccccc1. The third-order valence-electron chi connectivity index (χ3n) is 3.75. The summed E-state index contributed by atoms with van der Waals surface area (Å²) in [5.41, 5.74) is 6.96. The average Bonchev–Trinajstić information content (AvgIpc) is 2.62. The lowest BCUT2D eigenvalue weighted by Gasteiger charge is -2.21. The highest BCUT2D eigenvalue weighted by atomic mass is 16.5. The molecule has 138 valence electrons. The van der Waals surface area contributed by atoms with Crippen molar-refractivity contribution in [1.29, 1.82) is 0 Å². The molecule has 3 N–H and O–H groups in total. The van der Waals surface area contributed by atoms with Crippen LogP contribution in [0.5, 0.6) is 5.75 Å². The van der Waals surface area contributed by atoms with Crippen molar-refractivity contribution in [1.82, 2.24) is 4.90 Å². The summed E-state index contributed by atoms with van der Waals surface area (Å²) in [6, 6.07) is 17.1. The highest BCUT2D eigenvalue weighted by molar-refractivity contribution is 5.93. The first-order chi connectivity index (χ1) is 12.6. The van der Waals surface area contributed by atoms with Gasteiger partial charge in [0.05, 0.1) is 18.8 Å². The van der Waals surface area contributed by atoms with E-state index in [2.05, 4.69) is 5.32 Å². The normalized spacial score (nSPS) is 10.5. The minimum atomic E-state index is -0.384. The number of rotatable bonds is 10. The molecule has 0 atom stereocenters. The lowest BCUT2D eigenvalue weighted by molar-refractivity contribution is -0.120. The van der Waals surface area contributed by atoms with Crippen molar-refractivity contribution in [2.75, 3.05) is 25.0 Å². The van der Waals surface area contributed by atoms with Gasteiger partial charge in [-0.15, -0.1) is 0 Å². The summed E-state index contributed by atoms with van der Waals surface area (Å²) in [6.45, 7) is 3.55. The highest BCUT2D eigenvalue weighted by Gasteiger charge is 2.14. The molecule has 0 aliphatic rings. The molecule has 6 nitrogen and oxygen atoms in total. The van der Waals surface area contributed by atoms with Gasteiger partial charge in [0.2, 0.25) is 11.8 Å². The van der Waals surface area contributed by atoms with Crippen molar-refractivity contribution in [3.05, 3.63) is 60.2 Å². The minimum absolute atomic E-state index is 0.155. The number of nitrogens with two attached hydrogens (primary N) is 1. The Kier molecular flexibility index (Phi) is 7.64. The molecule has 2 amide bonds. The van der Waals surface area contributed by atoms with Gasteiger partial charge in [-0.25, -0.2) is 0 Å². The molecule has 0 saturated heterocycles. The molecule has 2 aromatic carbocycles. The number of primary amides is 1. The third-order valence-corrected chi connectivity index (χ3v) is 3.75. The second kappa shape index (κ2) is 10.2. The fourth-order valence-corrected chi connectivity index (χ4v) is 2.57. The number of hydrogen-bond acceptors (Lipinski definition) is 4. The van der Waals surface area contributed by atoms with E-state index in [4.69, 9.17) is 10.5 Å². The summed E-state index contributed by atoms with van der Waals surface area (Å²) in [5, 5.41) is 2.88. The molecule has 0 unspecified atom stereocenters. The van der Waals surface area contributed by atoms with Gasteiger partial charge in [-0.05, 0) is 24.6 Å². The molecule has 0 radical (unpaired) electrons. The van der Waals surface area contributed by atoms with E-state index in [1.54, 1.807) is 6.07 Å². The predicted octanol–water partition coefficient (Wildman–Crippen LogP) is 2.40. The van der Waals surface area contributed by atoms with E-state index < -0.39 is 0 Å². The highest BCUT2D eigenvalue weighted by Crippen LogP contribution is 2.23. The van der Waals surface area contributed by atoms with Crippen LogP contribution in [0.3, 0.4) is 0 Å². The van der Waals surface area contributed by atoms with Crippen LogP contribution in [-0.2, 0) is 16.1 Å². The molecule has 0 spiro atoms.